The van der Waals surface area contributed by atoms with Crippen LogP contribution in [0.3, 0.4) is 0 Å². The van der Waals surface area contributed by atoms with E-state index < -0.39 is 0 Å². The Bertz CT molecular complexity index is 740. The van der Waals surface area contributed by atoms with Gasteiger partial charge in [0.2, 0.25) is 0 Å². The maximum atomic E-state index is 4.60. The van der Waals surface area contributed by atoms with E-state index in [4.69, 9.17) is 0 Å². The molecule has 0 fully saturated rings. The monoisotopic (exact) mass is 298 g/mol. The van der Waals surface area contributed by atoms with E-state index in [2.05, 4.69) is 25.4 Å². The summed E-state index contributed by atoms with van der Waals surface area (Å²) in [6.07, 6.45) is 1.53. The number of hydrogen-bond donors (Lipinski definition) is 1. The second-order valence-electron chi connectivity index (χ2n) is 4.30. The SMILES string of the molecule is CNc1cc(Sc2ncnn2C)nc(-c2ccccc2)n1. The molecule has 0 spiro atoms. The van der Waals surface area contributed by atoms with Gasteiger partial charge in [-0.05, 0) is 11.8 Å². The van der Waals surface area contributed by atoms with Gasteiger partial charge in [-0.1, -0.05) is 30.3 Å². The van der Waals surface area contributed by atoms with Crippen LogP contribution in [0.2, 0.25) is 0 Å². The van der Waals surface area contributed by atoms with Crippen LogP contribution in [0.15, 0.2) is 52.9 Å². The molecule has 0 bridgehead atoms. The molecule has 3 aromatic rings. The minimum atomic E-state index is 0.687. The van der Waals surface area contributed by atoms with Crippen LogP contribution in [0.5, 0.6) is 0 Å². The van der Waals surface area contributed by atoms with Gasteiger partial charge < -0.3 is 5.32 Å². The average molecular weight is 298 g/mol. The second kappa shape index (κ2) is 5.92. The topological polar surface area (TPSA) is 68.5 Å². The van der Waals surface area contributed by atoms with Gasteiger partial charge in [0.25, 0.3) is 0 Å². The smallest absolute Gasteiger partial charge is 0.192 e. The molecule has 0 aliphatic rings. The third kappa shape index (κ3) is 3.03. The van der Waals surface area contributed by atoms with Crippen LogP contribution in [0.4, 0.5) is 5.82 Å². The van der Waals surface area contributed by atoms with E-state index in [-0.39, 0.29) is 0 Å². The van der Waals surface area contributed by atoms with E-state index in [9.17, 15) is 0 Å². The van der Waals surface area contributed by atoms with Gasteiger partial charge in [-0.25, -0.2) is 19.6 Å². The zero-order valence-corrected chi connectivity index (χ0v) is 12.5. The third-order valence-corrected chi connectivity index (χ3v) is 3.83. The Morgan fingerprint density at radius 2 is 1.95 bits per heavy atom. The molecule has 0 aliphatic carbocycles. The third-order valence-electron chi connectivity index (χ3n) is 2.86. The summed E-state index contributed by atoms with van der Waals surface area (Å²) in [6.45, 7) is 0. The first-order valence-corrected chi connectivity index (χ1v) is 7.22. The minimum Gasteiger partial charge on any atom is -0.373 e. The molecule has 106 valence electrons. The highest BCUT2D eigenvalue weighted by Gasteiger charge is 2.10. The van der Waals surface area contributed by atoms with Gasteiger partial charge in [0.1, 0.15) is 17.2 Å². The van der Waals surface area contributed by atoms with Crippen LogP contribution in [-0.2, 0) is 7.05 Å². The van der Waals surface area contributed by atoms with Gasteiger partial charge in [-0.2, -0.15) is 5.10 Å². The minimum absolute atomic E-state index is 0.687. The Hall–Kier alpha value is -2.41. The standard InChI is InChI=1S/C14H14N6S/c1-15-11-8-12(21-14-16-9-17-20(14)2)19-13(18-11)10-6-4-3-5-7-10/h3-9H,1-2H3,(H,15,18,19). The predicted octanol–water partition coefficient (Wildman–Crippen LogP) is 2.46. The molecule has 0 radical (unpaired) electrons. The Morgan fingerprint density at radius 3 is 2.62 bits per heavy atom. The molecule has 0 saturated heterocycles. The molecular formula is C14H14N6S. The summed E-state index contributed by atoms with van der Waals surface area (Å²) in [5.41, 5.74) is 0.981. The van der Waals surface area contributed by atoms with E-state index in [0.717, 1.165) is 21.6 Å². The Balaban J connectivity index is 1.99. The number of aromatic nitrogens is 5. The summed E-state index contributed by atoms with van der Waals surface area (Å²) in [5, 5.41) is 8.74. The van der Waals surface area contributed by atoms with E-state index in [1.165, 1.54) is 18.1 Å². The maximum absolute atomic E-state index is 4.60. The van der Waals surface area contributed by atoms with Crippen LogP contribution in [0.25, 0.3) is 11.4 Å². The van der Waals surface area contributed by atoms with Crippen molar-refractivity contribution in [1.29, 1.82) is 0 Å². The largest absolute Gasteiger partial charge is 0.373 e. The van der Waals surface area contributed by atoms with E-state index >= 15 is 0 Å². The fourth-order valence-electron chi connectivity index (χ4n) is 1.79. The summed E-state index contributed by atoms with van der Waals surface area (Å²) < 4.78 is 1.72. The predicted molar refractivity (Wildman–Crippen MR) is 82.1 cm³/mol. The van der Waals surface area contributed by atoms with Crippen molar-refractivity contribution < 1.29 is 0 Å². The molecule has 0 saturated carbocycles. The van der Waals surface area contributed by atoms with Crippen molar-refractivity contribution in [3.63, 3.8) is 0 Å². The van der Waals surface area contributed by atoms with Gasteiger partial charge in [0.15, 0.2) is 11.0 Å². The van der Waals surface area contributed by atoms with Crippen molar-refractivity contribution in [2.75, 3.05) is 12.4 Å². The van der Waals surface area contributed by atoms with Crippen LogP contribution in [-0.4, -0.2) is 31.8 Å². The van der Waals surface area contributed by atoms with Gasteiger partial charge in [0.05, 0.1) is 0 Å². The number of benzene rings is 1. The number of nitrogens with zero attached hydrogens (tertiary/aromatic N) is 5. The molecule has 1 aromatic carbocycles. The lowest BCUT2D eigenvalue weighted by molar-refractivity contribution is 0.684. The zero-order chi connectivity index (χ0) is 14.7. The summed E-state index contributed by atoms with van der Waals surface area (Å²) in [6, 6.07) is 11.8. The Labute approximate surface area is 126 Å². The van der Waals surface area contributed by atoms with E-state index in [0.29, 0.717) is 5.82 Å². The maximum Gasteiger partial charge on any atom is 0.192 e. The van der Waals surface area contributed by atoms with Crippen molar-refractivity contribution in [3.8, 4) is 11.4 Å². The molecule has 7 heteroatoms. The quantitative estimate of drug-likeness (QED) is 0.746. The van der Waals surface area contributed by atoms with Crippen LogP contribution < -0.4 is 5.32 Å². The number of rotatable bonds is 4. The number of anilines is 1. The lowest BCUT2D eigenvalue weighted by Crippen LogP contribution is -1.99. The van der Waals surface area contributed by atoms with E-state index in [1.54, 1.807) is 4.68 Å². The van der Waals surface area contributed by atoms with Crippen LogP contribution in [0, 0.1) is 0 Å². The fourth-order valence-corrected chi connectivity index (χ4v) is 2.56. The molecule has 3 rings (SSSR count). The zero-order valence-electron chi connectivity index (χ0n) is 11.7. The summed E-state index contributed by atoms with van der Waals surface area (Å²) >= 11 is 1.46. The average Bonchev–Trinajstić information content (AvgIpc) is 2.93. The first kappa shape index (κ1) is 13.6. The molecule has 0 atom stereocenters. The molecule has 0 amide bonds. The lowest BCUT2D eigenvalue weighted by Gasteiger charge is -2.07. The van der Waals surface area contributed by atoms with Crippen molar-refractivity contribution in [3.05, 3.63) is 42.7 Å². The van der Waals surface area contributed by atoms with Crippen molar-refractivity contribution in [2.24, 2.45) is 7.05 Å². The Morgan fingerprint density at radius 1 is 1.14 bits per heavy atom. The summed E-state index contributed by atoms with van der Waals surface area (Å²) in [7, 11) is 3.70. The normalized spacial score (nSPS) is 10.6. The first-order valence-electron chi connectivity index (χ1n) is 6.40. The molecule has 2 heterocycles. The summed E-state index contributed by atoms with van der Waals surface area (Å²) in [5.74, 6) is 1.46. The molecule has 0 aliphatic heterocycles. The van der Waals surface area contributed by atoms with Gasteiger partial charge in [-0.3, -0.25) is 0 Å². The highest BCUT2D eigenvalue weighted by atomic mass is 32.2. The number of nitrogens with one attached hydrogen (secondary N) is 1. The van der Waals surface area contributed by atoms with Crippen molar-refractivity contribution >= 4 is 17.6 Å². The van der Waals surface area contributed by atoms with E-state index in [1.807, 2.05) is 50.5 Å². The highest BCUT2D eigenvalue weighted by molar-refractivity contribution is 7.99. The van der Waals surface area contributed by atoms with Crippen LogP contribution >= 0.6 is 11.8 Å². The second-order valence-corrected chi connectivity index (χ2v) is 5.29. The highest BCUT2D eigenvalue weighted by Crippen LogP contribution is 2.27. The lowest BCUT2D eigenvalue weighted by atomic mass is 10.2. The van der Waals surface area contributed by atoms with Gasteiger partial charge in [-0.15, -0.1) is 0 Å². The molecule has 6 nitrogen and oxygen atoms in total. The molecule has 21 heavy (non-hydrogen) atoms. The molecule has 0 unspecified atom stereocenters. The first-order chi connectivity index (χ1) is 10.3. The summed E-state index contributed by atoms with van der Waals surface area (Å²) in [4.78, 5) is 13.3. The number of hydrogen-bond acceptors (Lipinski definition) is 6. The van der Waals surface area contributed by atoms with Crippen molar-refractivity contribution in [1.82, 2.24) is 24.7 Å². The van der Waals surface area contributed by atoms with Gasteiger partial charge in [0, 0.05) is 25.7 Å². The fraction of sp³-hybridized carbons (Fsp3) is 0.143. The Kier molecular flexibility index (Phi) is 3.83. The number of aryl methyl sites for hydroxylation is 1. The van der Waals surface area contributed by atoms with Crippen LogP contribution in [0.1, 0.15) is 0 Å². The van der Waals surface area contributed by atoms with Gasteiger partial charge >= 0.3 is 0 Å². The molecule has 2 aromatic heterocycles. The molecule has 1 N–H and O–H groups in total. The molecular weight excluding hydrogens is 284 g/mol. The van der Waals surface area contributed by atoms with Crippen molar-refractivity contribution in [2.45, 2.75) is 10.2 Å².